The largest absolute Gasteiger partial charge is 0.391 e. The van der Waals surface area contributed by atoms with Crippen LogP contribution in [-0.2, 0) is 28.7 Å². The van der Waals surface area contributed by atoms with Crippen LogP contribution in [0.3, 0.4) is 0 Å². The number of Topliss-reactive ketones (excluding diaryl/α,β-unsaturated/α-hetero) is 1. The number of nitrogens with zero attached hydrogens (tertiary/aromatic N) is 1. The lowest BCUT2D eigenvalue weighted by Crippen LogP contribution is -2.63. The maximum Gasteiger partial charge on any atom is 0.258 e. The van der Waals surface area contributed by atoms with Gasteiger partial charge in [-0.1, -0.05) is 41.9 Å². The number of amides is 5. The van der Waals surface area contributed by atoms with Gasteiger partial charge in [-0.3, -0.25) is 33.8 Å². The van der Waals surface area contributed by atoms with Crippen LogP contribution in [0, 0.1) is 0 Å². The molecule has 0 spiro atoms. The first-order valence-electron chi connectivity index (χ1n) is 18.6. The van der Waals surface area contributed by atoms with Crippen molar-refractivity contribution in [3.05, 3.63) is 89.2 Å². The predicted molar refractivity (Wildman–Crippen MR) is 211 cm³/mol. The van der Waals surface area contributed by atoms with Crippen LogP contribution in [-0.4, -0.2) is 101 Å². The third kappa shape index (κ3) is 12.9. The Kier molecular flexibility index (Phi) is 16.6. The third-order valence-electron chi connectivity index (χ3n) is 9.16. The quantitative estimate of drug-likeness (QED) is 0.0389. The summed E-state index contributed by atoms with van der Waals surface area (Å²) < 4.78 is 5.50. The minimum Gasteiger partial charge on any atom is -0.391 e. The molecule has 0 radical (unpaired) electrons. The molecule has 2 heterocycles. The van der Waals surface area contributed by atoms with Gasteiger partial charge in [-0.05, 0) is 100 Å². The predicted octanol–water partition coefficient (Wildman–Crippen LogP) is -0.0565. The number of unbranched alkanes of at least 4 members (excludes halogenated alkanes) is 1. The van der Waals surface area contributed by atoms with Gasteiger partial charge < -0.3 is 53.6 Å². The maximum absolute atomic E-state index is 13.3. The minimum atomic E-state index is -1.73. The molecule has 1 saturated heterocycles. The number of halogens is 1. The summed E-state index contributed by atoms with van der Waals surface area (Å²) in [5.41, 5.74) is 19.9. The van der Waals surface area contributed by atoms with Crippen molar-refractivity contribution in [3.8, 4) is 11.1 Å². The Balaban J connectivity index is 1.33. The van der Waals surface area contributed by atoms with E-state index in [1.165, 1.54) is 13.8 Å². The maximum atomic E-state index is 13.3. The van der Waals surface area contributed by atoms with Crippen molar-refractivity contribution < 1.29 is 38.6 Å². The summed E-state index contributed by atoms with van der Waals surface area (Å²) in [6.07, 6.45) is -1.81. The average molecular weight is 808 g/mol. The fourth-order valence-corrected chi connectivity index (χ4v) is 5.98. The molecule has 1 fully saturated rings. The first-order chi connectivity index (χ1) is 27.2. The number of aliphatic hydroxyl groups is 1. The molecule has 2 unspecified atom stereocenters. The zero-order chi connectivity index (χ0) is 41.6. The minimum absolute atomic E-state index is 0.00251. The summed E-state index contributed by atoms with van der Waals surface area (Å²) in [6.45, 7) is 3.07. The summed E-state index contributed by atoms with van der Waals surface area (Å²) in [5.74, 6) is -4.43. The summed E-state index contributed by atoms with van der Waals surface area (Å²) in [7, 11) is 0. The van der Waals surface area contributed by atoms with Crippen molar-refractivity contribution in [2.24, 2.45) is 17.2 Å². The van der Waals surface area contributed by atoms with E-state index in [2.05, 4.69) is 31.6 Å². The van der Waals surface area contributed by atoms with E-state index in [1.54, 1.807) is 60.8 Å². The molecule has 306 valence electrons. The van der Waals surface area contributed by atoms with Gasteiger partial charge in [0.2, 0.25) is 17.7 Å². The van der Waals surface area contributed by atoms with E-state index in [-0.39, 0.29) is 30.7 Å². The zero-order valence-electron chi connectivity index (χ0n) is 31.7. The van der Waals surface area contributed by atoms with Crippen molar-refractivity contribution in [1.82, 2.24) is 31.6 Å². The van der Waals surface area contributed by atoms with E-state index >= 15 is 0 Å². The van der Waals surface area contributed by atoms with Crippen LogP contribution < -0.4 is 43.8 Å². The Hall–Kier alpha value is -5.30. The summed E-state index contributed by atoms with van der Waals surface area (Å²) in [5, 5.41) is 23.4. The van der Waals surface area contributed by atoms with Gasteiger partial charge in [0.15, 0.2) is 18.1 Å². The molecule has 1 aliphatic rings. The molecule has 0 aliphatic carbocycles. The summed E-state index contributed by atoms with van der Waals surface area (Å²) in [4.78, 5) is 83.4. The molecule has 1 aromatic heterocycles. The highest BCUT2D eigenvalue weighted by molar-refractivity contribution is 6.30. The summed E-state index contributed by atoms with van der Waals surface area (Å²) in [6, 6.07) is 14.1. The molecule has 8 atom stereocenters. The standard InChI is InChI=1S/C39H50ClN9O8/c1-21(31(51)33-32(57-33)27-7-4-6-20-44-27)45-36(53)28(8-3-5-18-41)47-39(56)34(43)49-38(55)30(22(2)50)48-37(54)29(17-19-42)46-35(52)25-11-9-23(10-12-25)24-13-15-26(40)16-14-24/h4,6-7,9-16,20-22,28-30,32-34,50H,3,5,8,17-19,41-43H2,1-2H3,(H,45,53)(H,46,52)(H,47,56)(H,48,54)(H,49,55)/t21-,22+,28-,29-,30-,32?,33?,34+/m0/s1. The van der Waals surface area contributed by atoms with E-state index in [9.17, 15) is 33.9 Å². The van der Waals surface area contributed by atoms with E-state index in [4.69, 9.17) is 33.5 Å². The smallest absolute Gasteiger partial charge is 0.258 e. The van der Waals surface area contributed by atoms with Gasteiger partial charge in [0, 0.05) is 16.8 Å². The number of aromatic nitrogens is 1. The molecule has 57 heavy (non-hydrogen) atoms. The normalized spacial score (nSPS) is 17.7. The first-order valence-corrected chi connectivity index (χ1v) is 18.9. The van der Waals surface area contributed by atoms with Gasteiger partial charge >= 0.3 is 0 Å². The van der Waals surface area contributed by atoms with E-state index in [0.717, 1.165) is 11.1 Å². The van der Waals surface area contributed by atoms with Crippen molar-refractivity contribution in [2.45, 2.75) is 88.2 Å². The number of ether oxygens (including phenoxy) is 1. The molecule has 3 aromatic rings. The van der Waals surface area contributed by atoms with E-state index in [1.807, 2.05) is 12.1 Å². The summed E-state index contributed by atoms with van der Waals surface area (Å²) >= 11 is 5.97. The van der Waals surface area contributed by atoms with Gasteiger partial charge in [-0.2, -0.15) is 0 Å². The first kappa shape index (κ1) is 44.4. The molecule has 12 N–H and O–H groups in total. The van der Waals surface area contributed by atoms with Crippen molar-refractivity contribution in [1.29, 1.82) is 0 Å². The Bertz CT molecular complexity index is 1850. The highest BCUT2D eigenvalue weighted by Gasteiger charge is 2.48. The van der Waals surface area contributed by atoms with E-state index < -0.39 is 78.2 Å². The highest BCUT2D eigenvalue weighted by atomic mass is 35.5. The number of benzene rings is 2. The Labute approximate surface area is 335 Å². The van der Waals surface area contributed by atoms with Crippen LogP contribution in [0.25, 0.3) is 11.1 Å². The molecular weight excluding hydrogens is 758 g/mol. The number of hydrogen-bond donors (Lipinski definition) is 9. The molecule has 2 aromatic carbocycles. The van der Waals surface area contributed by atoms with Crippen molar-refractivity contribution in [2.75, 3.05) is 13.1 Å². The second kappa shape index (κ2) is 21.3. The van der Waals surface area contributed by atoms with Crippen molar-refractivity contribution in [3.63, 3.8) is 0 Å². The Morgan fingerprint density at radius 2 is 1.39 bits per heavy atom. The third-order valence-corrected chi connectivity index (χ3v) is 9.41. The lowest BCUT2D eigenvalue weighted by atomic mass is 10.0. The fraction of sp³-hybridized carbons (Fsp3) is 0.410. The number of carbonyl (C=O) groups excluding carboxylic acids is 6. The lowest BCUT2D eigenvalue weighted by Gasteiger charge is -2.26. The average Bonchev–Trinajstić information content (AvgIpc) is 4.00. The van der Waals surface area contributed by atoms with Gasteiger partial charge in [-0.25, -0.2) is 0 Å². The molecule has 4 rings (SSSR count). The topological polar surface area (TPSA) is 286 Å². The van der Waals surface area contributed by atoms with Crippen molar-refractivity contribution >= 4 is 46.9 Å². The molecule has 17 nitrogen and oxygen atoms in total. The number of carbonyl (C=O) groups is 6. The number of pyridine rings is 1. The van der Waals surface area contributed by atoms with Crippen LogP contribution in [0.15, 0.2) is 72.9 Å². The number of nitrogens with one attached hydrogen (secondary N) is 5. The molecular formula is C39H50ClN9O8. The molecule has 18 heteroatoms. The molecule has 0 saturated carbocycles. The van der Waals surface area contributed by atoms with Crippen LogP contribution in [0.2, 0.25) is 5.02 Å². The highest BCUT2D eigenvalue weighted by Crippen LogP contribution is 2.38. The molecule has 0 bridgehead atoms. The number of nitrogens with two attached hydrogens (primary N) is 3. The number of aliphatic hydroxyl groups excluding tert-OH is 1. The Morgan fingerprint density at radius 3 is 1.98 bits per heavy atom. The number of epoxide rings is 1. The lowest BCUT2D eigenvalue weighted by molar-refractivity contribution is -0.136. The number of rotatable bonds is 21. The van der Waals surface area contributed by atoms with Gasteiger partial charge in [0.05, 0.1) is 17.8 Å². The second-order valence-electron chi connectivity index (χ2n) is 13.6. The Morgan fingerprint density at radius 1 is 0.754 bits per heavy atom. The zero-order valence-corrected chi connectivity index (χ0v) is 32.4. The molecule has 5 amide bonds. The SMILES string of the molecule is C[C@H](NC(=O)[C@H](CCCCN)NC(=O)[C@H](N)NC(=O)[C@@H](NC(=O)[C@H](CCN)NC(=O)c1ccc(-c2ccc(Cl)cc2)cc1)[C@@H](C)O)C(=O)C1OC1c1ccccn1. The van der Waals surface area contributed by atoms with Gasteiger partial charge in [0.1, 0.15) is 24.2 Å². The van der Waals surface area contributed by atoms with Crippen LogP contribution in [0.4, 0.5) is 0 Å². The van der Waals surface area contributed by atoms with Crippen LogP contribution in [0.5, 0.6) is 0 Å². The van der Waals surface area contributed by atoms with Crippen LogP contribution >= 0.6 is 11.6 Å². The van der Waals surface area contributed by atoms with Crippen LogP contribution in [0.1, 0.15) is 61.7 Å². The second-order valence-corrected chi connectivity index (χ2v) is 14.0. The fourth-order valence-electron chi connectivity index (χ4n) is 5.85. The number of hydrogen-bond acceptors (Lipinski definition) is 12. The van der Waals surface area contributed by atoms with Gasteiger partial charge in [-0.15, -0.1) is 0 Å². The number of ketones is 1. The van der Waals surface area contributed by atoms with E-state index in [0.29, 0.717) is 30.1 Å². The molecule has 1 aliphatic heterocycles. The monoisotopic (exact) mass is 807 g/mol. The van der Waals surface area contributed by atoms with Gasteiger partial charge in [0.25, 0.3) is 11.8 Å².